The maximum atomic E-state index is 14.1. The number of carbonyl (C=O) groups is 2. The fraction of sp³-hybridized carbons (Fsp3) is 0.565. The third-order valence-electron chi connectivity index (χ3n) is 5.63. The number of aliphatic hydroxyl groups is 1. The number of halogens is 6. The van der Waals surface area contributed by atoms with Gasteiger partial charge in [0.15, 0.2) is 11.1 Å². The zero-order valence-corrected chi connectivity index (χ0v) is 21.7. The van der Waals surface area contributed by atoms with Crippen LogP contribution >= 0.6 is 11.3 Å². The van der Waals surface area contributed by atoms with Crippen molar-refractivity contribution in [2.75, 3.05) is 18.4 Å². The van der Waals surface area contributed by atoms with E-state index < -0.39 is 64.2 Å². The molecule has 1 aliphatic rings. The zero-order chi connectivity index (χ0) is 28.6. The van der Waals surface area contributed by atoms with Crippen LogP contribution in [0.1, 0.15) is 66.4 Å². The first-order valence-corrected chi connectivity index (χ1v) is 12.4. The normalized spacial score (nSPS) is 17.4. The molecule has 3 heterocycles. The minimum atomic E-state index is -5.00. The molecule has 1 fully saturated rings. The largest absolute Gasteiger partial charge is 0.417 e. The number of carbonyl (C=O) groups excluding carboxylic acids is 2. The van der Waals surface area contributed by atoms with Crippen molar-refractivity contribution < 1.29 is 41.0 Å². The molecule has 210 valence electrons. The van der Waals surface area contributed by atoms with Crippen molar-refractivity contribution in [1.82, 2.24) is 20.2 Å². The van der Waals surface area contributed by atoms with Crippen molar-refractivity contribution in [3.63, 3.8) is 0 Å². The highest BCUT2D eigenvalue weighted by atomic mass is 32.1. The molecule has 0 unspecified atom stereocenters. The number of rotatable bonds is 6. The first-order valence-electron chi connectivity index (χ1n) is 11.6. The monoisotopic (exact) mass is 567 g/mol. The van der Waals surface area contributed by atoms with Gasteiger partial charge in [0.2, 0.25) is 0 Å². The number of aliphatic hydroxyl groups excluding tert-OH is 1. The Morgan fingerprint density at radius 2 is 1.87 bits per heavy atom. The standard InChI is InChI=1S/C23H27F6N5O3S/c1-11-6-5-7-34(11)20(37)16-17(38-19(32-16)18(36)31-10-14(35)23(27,28)29)12-9-30-15(33-21(2,3)4)8-13(12)22(24,25)26/h8-9,11,14,35H,5-7,10H2,1-4H3,(H,30,33)(H,31,36)/t11-,14-/m0/s1. The number of nitrogens with zero attached hydrogens (tertiary/aromatic N) is 3. The lowest BCUT2D eigenvalue weighted by atomic mass is 10.1. The summed E-state index contributed by atoms with van der Waals surface area (Å²) in [6, 6.07) is 0.557. The van der Waals surface area contributed by atoms with Crippen molar-refractivity contribution >= 4 is 29.0 Å². The molecule has 1 saturated heterocycles. The number of anilines is 1. The molecule has 2 amide bonds. The Hall–Kier alpha value is -2.94. The van der Waals surface area contributed by atoms with E-state index in [4.69, 9.17) is 5.11 Å². The molecule has 0 radical (unpaired) electrons. The summed E-state index contributed by atoms with van der Waals surface area (Å²) < 4.78 is 80.3. The van der Waals surface area contributed by atoms with Gasteiger partial charge < -0.3 is 20.6 Å². The number of aromatic nitrogens is 2. The molecule has 2 aromatic heterocycles. The summed E-state index contributed by atoms with van der Waals surface area (Å²) in [7, 11) is 0. The molecule has 15 heteroatoms. The minimum absolute atomic E-state index is 0.0711. The van der Waals surface area contributed by atoms with Gasteiger partial charge in [-0.2, -0.15) is 26.3 Å². The molecule has 0 bridgehead atoms. The second kappa shape index (κ2) is 10.7. The van der Waals surface area contributed by atoms with Gasteiger partial charge in [-0.1, -0.05) is 0 Å². The van der Waals surface area contributed by atoms with Crippen LogP contribution in [0.3, 0.4) is 0 Å². The molecule has 2 atom stereocenters. The van der Waals surface area contributed by atoms with Gasteiger partial charge in [0, 0.05) is 29.9 Å². The molecule has 0 aliphatic carbocycles. The Labute approximate surface area is 218 Å². The molecule has 1 aliphatic heterocycles. The summed E-state index contributed by atoms with van der Waals surface area (Å²) in [4.78, 5) is 35.0. The Balaban J connectivity index is 2.10. The Morgan fingerprint density at radius 3 is 2.39 bits per heavy atom. The van der Waals surface area contributed by atoms with Crippen molar-refractivity contribution in [3.05, 3.63) is 28.5 Å². The van der Waals surface area contributed by atoms with Crippen molar-refractivity contribution in [2.45, 2.75) is 70.6 Å². The van der Waals surface area contributed by atoms with Crippen LogP contribution in [-0.4, -0.2) is 68.7 Å². The van der Waals surface area contributed by atoms with Gasteiger partial charge in [-0.3, -0.25) is 9.59 Å². The molecule has 3 rings (SSSR count). The third-order valence-corrected chi connectivity index (χ3v) is 6.72. The SMILES string of the molecule is C[C@H]1CCCN1C(=O)c1nc(C(=O)NC[C@H](O)C(F)(F)F)sc1-c1cnc(NC(C)(C)C)cc1C(F)(F)F. The van der Waals surface area contributed by atoms with Crippen LogP contribution in [0.5, 0.6) is 0 Å². The smallest absolute Gasteiger partial charge is 0.382 e. The van der Waals surface area contributed by atoms with E-state index in [0.29, 0.717) is 30.7 Å². The van der Waals surface area contributed by atoms with Gasteiger partial charge in [-0.15, -0.1) is 11.3 Å². The fourth-order valence-electron chi connectivity index (χ4n) is 3.82. The average Bonchev–Trinajstić information content (AvgIpc) is 3.41. The van der Waals surface area contributed by atoms with Crippen LogP contribution in [0.4, 0.5) is 32.2 Å². The fourth-order valence-corrected chi connectivity index (χ4v) is 4.82. The van der Waals surface area contributed by atoms with Gasteiger partial charge >= 0.3 is 12.4 Å². The second-order valence-corrected chi connectivity index (χ2v) is 10.9. The Morgan fingerprint density at radius 1 is 1.21 bits per heavy atom. The topological polar surface area (TPSA) is 107 Å². The molecular formula is C23H27F6N5O3S. The molecule has 8 nitrogen and oxygen atoms in total. The van der Waals surface area contributed by atoms with E-state index >= 15 is 0 Å². The Kier molecular flexibility index (Phi) is 8.32. The maximum Gasteiger partial charge on any atom is 0.417 e. The quantitative estimate of drug-likeness (QED) is 0.437. The van der Waals surface area contributed by atoms with Crippen molar-refractivity contribution in [2.24, 2.45) is 0 Å². The highest BCUT2D eigenvalue weighted by Gasteiger charge is 2.40. The number of likely N-dealkylation sites (tertiary alicyclic amines) is 1. The first kappa shape index (κ1) is 29.6. The summed E-state index contributed by atoms with van der Waals surface area (Å²) in [5.41, 5.74) is -2.68. The second-order valence-electron chi connectivity index (χ2n) is 9.94. The highest BCUT2D eigenvalue weighted by molar-refractivity contribution is 7.17. The van der Waals surface area contributed by atoms with E-state index in [1.807, 2.05) is 5.32 Å². The molecule has 2 aromatic rings. The lowest BCUT2D eigenvalue weighted by Gasteiger charge is -2.23. The number of nitrogens with one attached hydrogen (secondary N) is 2. The summed E-state index contributed by atoms with van der Waals surface area (Å²) in [6.45, 7) is 6.08. The molecular weight excluding hydrogens is 540 g/mol. The molecule has 0 spiro atoms. The van der Waals surface area contributed by atoms with E-state index in [1.54, 1.807) is 27.7 Å². The van der Waals surface area contributed by atoms with E-state index in [2.05, 4.69) is 15.3 Å². The Bertz CT molecular complexity index is 1190. The maximum absolute atomic E-state index is 14.1. The summed E-state index contributed by atoms with van der Waals surface area (Å²) in [5, 5.41) is 13.3. The van der Waals surface area contributed by atoms with Crippen LogP contribution < -0.4 is 10.6 Å². The van der Waals surface area contributed by atoms with Crippen molar-refractivity contribution in [3.8, 4) is 10.4 Å². The third kappa shape index (κ3) is 6.92. The molecule has 0 saturated carbocycles. The molecule has 0 aromatic carbocycles. The van der Waals surface area contributed by atoms with Crippen LogP contribution in [0.2, 0.25) is 0 Å². The predicted octanol–water partition coefficient (Wildman–Crippen LogP) is 4.71. The van der Waals surface area contributed by atoms with Gasteiger partial charge in [0.05, 0.1) is 17.0 Å². The predicted molar refractivity (Wildman–Crippen MR) is 128 cm³/mol. The summed E-state index contributed by atoms with van der Waals surface area (Å²) in [6.07, 6.45) is -10.5. The first-order chi connectivity index (χ1) is 17.4. The van der Waals surface area contributed by atoms with Crippen LogP contribution in [0.15, 0.2) is 12.3 Å². The molecule has 3 N–H and O–H groups in total. The lowest BCUT2D eigenvalue weighted by molar-refractivity contribution is -0.201. The van der Waals surface area contributed by atoms with Gasteiger partial charge in [-0.25, -0.2) is 9.97 Å². The van der Waals surface area contributed by atoms with Gasteiger partial charge in [-0.05, 0) is 46.6 Å². The summed E-state index contributed by atoms with van der Waals surface area (Å²) >= 11 is 0.424. The van der Waals surface area contributed by atoms with Crippen LogP contribution in [0, 0.1) is 0 Å². The number of hydrogen-bond acceptors (Lipinski definition) is 7. The number of thiazole rings is 1. The van der Waals surface area contributed by atoms with E-state index in [0.717, 1.165) is 12.3 Å². The van der Waals surface area contributed by atoms with Crippen LogP contribution in [0.25, 0.3) is 10.4 Å². The van der Waals surface area contributed by atoms with Crippen molar-refractivity contribution in [1.29, 1.82) is 0 Å². The van der Waals surface area contributed by atoms with Crippen LogP contribution in [-0.2, 0) is 6.18 Å². The number of hydrogen-bond donors (Lipinski definition) is 3. The average molecular weight is 568 g/mol. The minimum Gasteiger partial charge on any atom is -0.382 e. The number of pyridine rings is 1. The summed E-state index contributed by atoms with van der Waals surface area (Å²) in [5.74, 6) is -1.96. The van der Waals surface area contributed by atoms with E-state index in [9.17, 15) is 35.9 Å². The van der Waals surface area contributed by atoms with E-state index in [1.165, 1.54) is 4.90 Å². The zero-order valence-electron chi connectivity index (χ0n) is 20.9. The number of amides is 2. The van der Waals surface area contributed by atoms with E-state index in [-0.39, 0.29) is 16.7 Å². The lowest BCUT2D eigenvalue weighted by Crippen LogP contribution is -2.40. The number of alkyl halides is 6. The van der Waals surface area contributed by atoms with Gasteiger partial charge in [0.25, 0.3) is 11.8 Å². The highest BCUT2D eigenvalue weighted by Crippen LogP contribution is 2.42. The van der Waals surface area contributed by atoms with Gasteiger partial charge in [0.1, 0.15) is 11.5 Å². The molecule has 38 heavy (non-hydrogen) atoms.